The summed E-state index contributed by atoms with van der Waals surface area (Å²) in [5.74, 6) is -1.05. The predicted octanol–water partition coefficient (Wildman–Crippen LogP) is 4.61. The second-order valence-electron chi connectivity index (χ2n) is 5.62. The number of hydrogen-bond acceptors (Lipinski definition) is 3. The average Bonchev–Trinajstić information content (AvgIpc) is 3.08. The molecule has 3 rings (SSSR count). The summed E-state index contributed by atoms with van der Waals surface area (Å²) in [5, 5.41) is 0.986. The second-order valence-corrected chi connectivity index (χ2v) is 6.47. The van der Waals surface area contributed by atoms with Crippen molar-refractivity contribution in [3.05, 3.63) is 75.9 Å². The van der Waals surface area contributed by atoms with E-state index in [9.17, 15) is 9.59 Å². The van der Waals surface area contributed by atoms with Crippen LogP contribution >= 0.6 is 15.9 Å². The van der Waals surface area contributed by atoms with Gasteiger partial charge in [0.05, 0.1) is 0 Å². The largest absolute Gasteiger partial charge is 0.361 e. The second kappa shape index (κ2) is 8.01. The van der Waals surface area contributed by atoms with Crippen LogP contribution in [0.3, 0.4) is 0 Å². The molecule has 0 saturated heterocycles. The van der Waals surface area contributed by atoms with Gasteiger partial charge in [0, 0.05) is 38.3 Å². The summed E-state index contributed by atoms with van der Waals surface area (Å²) >= 11 is 3.53. The van der Waals surface area contributed by atoms with Crippen LogP contribution in [0.25, 0.3) is 17.0 Å². The summed E-state index contributed by atoms with van der Waals surface area (Å²) in [7, 11) is 0. The number of benzene rings is 2. The van der Waals surface area contributed by atoms with Gasteiger partial charge in [0.2, 0.25) is 0 Å². The van der Waals surface area contributed by atoms with Crippen molar-refractivity contribution in [1.82, 2.24) is 10.5 Å². The number of rotatable bonds is 4. The van der Waals surface area contributed by atoms with Crippen LogP contribution in [0.2, 0.25) is 0 Å². The minimum atomic E-state index is -0.585. The minimum Gasteiger partial charge on any atom is -0.361 e. The zero-order valence-electron chi connectivity index (χ0n) is 14.1. The smallest absolute Gasteiger partial charge is 0.358 e. The molecule has 3 aromatic rings. The zero-order chi connectivity index (χ0) is 18.5. The first-order valence-electron chi connectivity index (χ1n) is 8.13. The van der Waals surface area contributed by atoms with Gasteiger partial charge in [-0.05, 0) is 36.8 Å². The van der Waals surface area contributed by atoms with Crippen molar-refractivity contribution in [3.63, 3.8) is 0 Å². The van der Waals surface area contributed by atoms with Gasteiger partial charge < -0.3 is 9.82 Å². The lowest BCUT2D eigenvalue weighted by Crippen LogP contribution is -2.27. The van der Waals surface area contributed by atoms with Gasteiger partial charge in [-0.3, -0.25) is 4.79 Å². The molecule has 2 N–H and O–H groups in total. The number of amides is 1. The molecule has 0 spiro atoms. The standard InChI is InChI=1S/C20H17BrN2O3/c1-2-13(11-15-12-22-17-10-6-9-16(21)18(15)17)20(25)26-23-19(24)14-7-4-3-5-8-14/h3-12,22H,2H2,1H3,(H,23,24). The Balaban J connectivity index is 1.76. The third-order valence-corrected chi connectivity index (χ3v) is 4.59. The fourth-order valence-electron chi connectivity index (χ4n) is 2.58. The maximum absolute atomic E-state index is 12.3. The van der Waals surface area contributed by atoms with Crippen molar-refractivity contribution < 1.29 is 14.4 Å². The number of H-pyrrole nitrogens is 1. The molecule has 2 aromatic carbocycles. The van der Waals surface area contributed by atoms with E-state index >= 15 is 0 Å². The zero-order valence-corrected chi connectivity index (χ0v) is 15.7. The van der Waals surface area contributed by atoms with E-state index in [1.54, 1.807) is 36.4 Å². The van der Waals surface area contributed by atoms with E-state index in [0.29, 0.717) is 17.6 Å². The van der Waals surface area contributed by atoms with Crippen molar-refractivity contribution in [1.29, 1.82) is 0 Å². The summed E-state index contributed by atoms with van der Waals surface area (Å²) in [5.41, 5.74) is 4.90. The molecule has 0 unspecified atom stereocenters. The van der Waals surface area contributed by atoms with Crippen LogP contribution in [0.5, 0.6) is 0 Å². The molecule has 0 aliphatic heterocycles. The Morgan fingerprint density at radius 1 is 1.15 bits per heavy atom. The number of carbonyl (C=O) groups excluding carboxylic acids is 2. The quantitative estimate of drug-likeness (QED) is 0.485. The first-order chi connectivity index (χ1) is 12.6. The fraction of sp³-hybridized carbons (Fsp3) is 0.100. The highest BCUT2D eigenvalue weighted by atomic mass is 79.9. The lowest BCUT2D eigenvalue weighted by atomic mass is 10.1. The van der Waals surface area contributed by atoms with Crippen molar-refractivity contribution in [3.8, 4) is 0 Å². The number of halogens is 1. The summed E-state index contributed by atoms with van der Waals surface area (Å²) in [6.45, 7) is 1.86. The molecule has 1 amide bonds. The van der Waals surface area contributed by atoms with Crippen LogP contribution in [0, 0.1) is 0 Å². The van der Waals surface area contributed by atoms with E-state index in [0.717, 1.165) is 20.9 Å². The summed E-state index contributed by atoms with van der Waals surface area (Å²) < 4.78 is 0.934. The predicted molar refractivity (Wildman–Crippen MR) is 104 cm³/mol. The third-order valence-electron chi connectivity index (χ3n) is 3.93. The Labute approximate surface area is 159 Å². The summed E-state index contributed by atoms with van der Waals surface area (Å²) in [4.78, 5) is 32.5. The molecular weight excluding hydrogens is 396 g/mol. The number of hydroxylamine groups is 1. The first kappa shape index (κ1) is 17.9. The molecule has 0 atom stereocenters. The number of aromatic nitrogens is 1. The van der Waals surface area contributed by atoms with Crippen molar-refractivity contribution >= 4 is 44.8 Å². The number of carbonyl (C=O) groups is 2. The lowest BCUT2D eigenvalue weighted by Gasteiger charge is -2.07. The molecule has 132 valence electrons. The number of nitrogens with one attached hydrogen (secondary N) is 2. The van der Waals surface area contributed by atoms with Crippen molar-refractivity contribution in [2.45, 2.75) is 13.3 Å². The summed E-state index contributed by atoms with van der Waals surface area (Å²) in [6, 6.07) is 14.4. The SMILES string of the molecule is CCC(=Cc1c[nH]c2cccc(Br)c12)C(=O)ONC(=O)c1ccccc1. The van der Waals surface area contributed by atoms with E-state index in [1.807, 2.05) is 31.3 Å². The molecule has 1 aromatic heterocycles. The number of fused-ring (bicyclic) bond motifs is 1. The Hall–Kier alpha value is -2.86. The maximum Gasteiger partial charge on any atom is 0.358 e. The van der Waals surface area contributed by atoms with Gasteiger partial charge in [0.1, 0.15) is 0 Å². The van der Waals surface area contributed by atoms with Crippen LogP contribution in [0.4, 0.5) is 0 Å². The van der Waals surface area contributed by atoms with Crippen LogP contribution in [0.15, 0.2) is 64.8 Å². The van der Waals surface area contributed by atoms with Crippen LogP contribution in [-0.2, 0) is 9.63 Å². The fourth-order valence-corrected chi connectivity index (χ4v) is 3.17. The molecule has 6 heteroatoms. The highest BCUT2D eigenvalue weighted by Crippen LogP contribution is 2.28. The Kier molecular flexibility index (Phi) is 5.53. The molecular formula is C20H17BrN2O3. The van der Waals surface area contributed by atoms with Gasteiger partial charge in [-0.2, -0.15) is 5.48 Å². The van der Waals surface area contributed by atoms with Gasteiger partial charge in [-0.1, -0.05) is 47.1 Å². The van der Waals surface area contributed by atoms with Crippen molar-refractivity contribution in [2.75, 3.05) is 0 Å². The van der Waals surface area contributed by atoms with Gasteiger partial charge >= 0.3 is 5.97 Å². The average molecular weight is 413 g/mol. The van der Waals surface area contributed by atoms with Crippen molar-refractivity contribution in [2.24, 2.45) is 0 Å². The molecule has 0 fully saturated rings. The lowest BCUT2D eigenvalue weighted by molar-refractivity contribution is -0.144. The van der Waals surface area contributed by atoms with Gasteiger partial charge in [-0.15, -0.1) is 0 Å². The first-order valence-corrected chi connectivity index (χ1v) is 8.92. The van der Waals surface area contributed by atoms with Crippen LogP contribution < -0.4 is 5.48 Å². The van der Waals surface area contributed by atoms with Crippen LogP contribution in [0.1, 0.15) is 29.3 Å². The monoisotopic (exact) mass is 412 g/mol. The van der Waals surface area contributed by atoms with Gasteiger partial charge in [0.25, 0.3) is 5.91 Å². The van der Waals surface area contributed by atoms with E-state index in [4.69, 9.17) is 4.84 Å². The normalized spacial score (nSPS) is 11.4. The Morgan fingerprint density at radius 3 is 2.65 bits per heavy atom. The van der Waals surface area contributed by atoms with Gasteiger partial charge in [-0.25, -0.2) is 4.79 Å². The molecule has 0 aliphatic rings. The van der Waals surface area contributed by atoms with E-state index < -0.39 is 11.9 Å². The Morgan fingerprint density at radius 2 is 1.92 bits per heavy atom. The summed E-state index contributed by atoms with van der Waals surface area (Å²) in [6.07, 6.45) is 4.07. The molecule has 1 heterocycles. The molecule has 0 radical (unpaired) electrons. The van der Waals surface area contributed by atoms with E-state index in [1.165, 1.54) is 0 Å². The minimum absolute atomic E-state index is 0.419. The topological polar surface area (TPSA) is 71.2 Å². The number of hydrogen-bond donors (Lipinski definition) is 2. The molecule has 0 aliphatic carbocycles. The molecule has 5 nitrogen and oxygen atoms in total. The highest BCUT2D eigenvalue weighted by molar-refractivity contribution is 9.10. The maximum atomic E-state index is 12.3. The molecule has 26 heavy (non-hydrogen) atoms. The third kappa shape index (κ3) is 3.86. The van der Waals surface area contributed by atoms with Gasteiger partial charge in [0.15, 0.2) is 0 Å². The number of aromatic amines is 1. The highest BCUT2D eigenvalue weighted by Gasteiger charge is 2.14. The van der Waals surface area contributed by atoms with Crippen LogP contribution in [-0.4, -0.2) is 16.9 Å². The van der Waals surface area contributed by atoms with E-state index in [-0.39, 0.29) is 0 Å². The molecule has 0 bridgehead atoms. The van der Waals surface area contributed by atoms with E-state index in [2.05, 4.69) is 26.4 Å². The molecule has 0 saturated carbocycles. The Bertz CT molecular complexity index is 977.